The minimum atomic E-state index is 0.759. The second-order valence-corrected chi connectivity index (χ2v) is 5.13. The highest BCUT2D eigenvalue weighted by Crippen LogP contribution is 2.28. The number of nitrogens with one attached hydrogen (secondary N) is 1. The molecule has 0 aliphatic heterocycles. The molecule has 1 heterocycles. The van der Waals surface area contributed by atoms with Crippen LogP contribution in [-0.4, -0.2) is 43.3 Å². The molecule has 0 amide bonds. The molecule has 5 heteroatoms. The number of anilines is 2. The number of nitrogens with zero attached hydrogens (tertiary/aromatic N) is 3. The molecule has 1 aliphatic carbocycles. The van der Waals surface area contributed by atoms with Gasteiger partial charge in [-0.05, 0) is 25.2 Å². The summed E-state index contributed by atoms with van der Waals surface area (Å²) in [4.78, 5) is 10.6. The summed E-state index contributed by atoms with van der Waals surface area (Å²) in [5.74, 6) is 2.65. The molecule has 0 aromatic carbocycles. The zero-order valence-corrected chi connectivity index (χ0v) is 11.9. The maximum absolute atomic E-state index is 5.64. The van der Waals surface area contributed by atoms with Gasteiger partial charge in [0.05, 0.1) is 6.61 Å². The summed E-state index contributed by atoms with van der Waals surface area (Å²) >= 11 is 0. The highest BCUT2D eigenvalue weighted by atomic mass is 16.5. The molecule has 19 heavy (non-hydrogen) atoms. The first-order valence-electron chi connectivity index (χ1n) is 7.14. The van der Waals surface area contributed by atoms with Gasteiger partial charge in [-0.15, -0.1) is 0 Å². The van der Waals surface area contributed by atoms with E-state index in [2.05, 4.69) is 27.1 Å². The van der Waals surface area contributed by atoms with Crippen LogP contribution in [0.4, 0.5) is 11.6 Å². The molecule has 1 saturated carbocycles. The van der Waals surface area contributed by atoms with Crippen molar-refractivity contribution in [1.82, 2.24) is 9.97 Å². The first-order valence-corrected chi connectivity index (χ1v) is 7.14. The molecule has 2 rings (SSSR count). The number of ether oxygens (including phenoxy) is 1. The van der Waals surface area contributed by atoms with Gasteiger partial charge in [0.2, 0.25) is 0 Å². The Morgan fingerprint density at radius 1 is 1.42 bits per heavy atom. The Kier molecular flexibility index (Phi) is 5.39. The Hall–Kier alpha value is -1.36. The van der Waals surface area contributed by atoms with Gasteiger partial charge in [0.15, 0.2) is 0 Å². The van der Waals surface area contributed by atoms with Crippen LogP contribution in [0.3, 0.4) is 0 Å². The van der Waals surface area contributed by atoms with Crippen LogP contribution < -0.4 is 10.2 Å². The fraction of sp³-hybridized carbons (Fsp3) is 0.714. The van der Waals surface area contributed by atoms with Gasteiger partial charge in [0.1, 0.15) is 18.0 Å². The lowest BCUT2D eigenvalue weighted by molar-refractivity contribution is 0.131. The van der Waals surface area contributed by atoms with Crippen LogP contribution >= 0.6 is 0 Å². The summed E-state index contributed by atoms with van der Waals surface area (Å²) in [5.41, 5.74) is 0. The lowest BCUT2D eigenvalue weighted by Crippen LogP contribution is -2.24. The Labute approximate surface area is 115 Å². The van der Waals surface area contributed by atoms with Crippen molar-refractivity contribution in [1.29, 1.82) is 0 Å². The molecule has 1 aliphatic rings. The van der Waals surface area contributed by atoms with Crippen LogP contribution in [0.15, 0.2) is 12.4 Å². The highest BCUT2D eigenvalue weighted by Gasteiger charge is 2.20. The molecule has 1 aromatic heterocycles. The van der Waals surface area contributed by atoms with E-state index in [1.54, 1.807) is 6.33 Å². The Morgan fingerprint density at radius 3 is 3.00 bits per heavy atom. The average Bonchev–Trinajstić information content (AvgIpc) is 3.25. The predicted octanol–water partition coefficient (Wildman–Crippen LogP) is 2.16. The minimum absolute atomic E-state index is 0.759. The molecule has 1 fully saturated rings. The Balaban J connectivity index is 1.74. The van der Waals surface area contributed by atoms with E-state index < -0.39 is 0 Å². The summed E-state index contributed by atoms with van der Waals surface area (Å²) in [6.07, 6.45) is 5.38. The topological polar surface area (TPSA) is 50.3 Å². The molecule has 0 unspecified atom stereocenters. The third-order valence-electron chi connectivity index (χ3n) is 3.22. The van der Waals surface area contributed by atoms with Crippen LogP contribution in [-0.2, 0) is 4.74 Å². The molecule has 1 N–H and O–H groups in total. The zero-order valence-electron chi connectivity index (χ0n) is 11.9. The van der Waals surface area contributed by atoms with Gasteiger partial charge in [-0.3, -0.25) is 0 Å². The molecule has 106 valence electrons. The summed E-state index contributed by atoms with van der Waals surface area (Å²) in [6, 6.07) is 1.98. The van der Waals surface area contributed by atoms with Gasteiger partial charge in [-0.25, -0.2) is 9.97 Å². The van der Waals surface area contributed by atoms with Gasteiger partial charge >= 0.3 is 0 Å². The van der Waals surface area contributed by atoms with Crippen molar-refractivity contribution in [2.75, 3.05) is 43.6 Å². The maximum Gasteiger partial charge on any atom is 0.133 e. The number of hydrogen-bond acceptors (Lipinski definition) is 5. The second-order valence-electron chi connectivity index (χ2n) is 5.13. The van der Waals surface area contributed by atoms with E-state index in [9.17, 15) is 0 Å². The van der Waals surface area contributed by atoms with Crippen LogP contribution in [0.25, 0.3) is 0 Å². The van der Waals surface area contributed by atoms with Crippen molar-refractivity contribution in [3.05, 3.63) is 12.4 Å². The quantitative estimate of drug-likeness (QED) is 0.693. The van der Waals surface area contributed by atoms with E-state index in [4.69, 9.17) is 4.74 Å². The van der Waals surface area contributed by atoms with Gasteiger partial charge in [0.25, 0.3) is 0 Å². The first kappa shape index (κ1) is 14.1. The van der Waals surface area contributed by atoms with Crippen LogP contribution in [0.2, 0.25) is 0 Å². The molecule has 0 radical (unpaired) electrons. The van der Waals surface area contributed by atoms with Gasteiger partial charge in [0, 0.05) is 32.8 Å². The van der Waals surface area contributed by atoms with Crippen LogP contribution in [0.1, 0.15) is 26.2 Å². The fourth-order valence-electron chi connectivity index (χ4n) is 1.76. The third-order valence-corrected chi connectivity index (χ3v) is 3.22. The van der Waals surface area contributed by atoms with E-state index >= 15 is 0 Å². The molecule has 0 atom stereocenters. The smallest absolute Gasteiger partial charge is 0.133 e. The monoisotopic (exact) mass is 264 g/mol. The average molecular weight is 264 g/mol. The lowest BCUT2D eigenvalue weighted by Gasteiger charge is -2.18. The van der Waals surface area contributed by atoms with Crippen LogP contribution in [0, 0.1) is 5.92 Å². The van der Waals surface area contributed by atoms with Crippen molar-refractivity contribution >= 4 is 11.6 Å². The minimum Gasteiger partial charge on any atom is -0.379 e. The van der Waals surface area contributed by atoms with Gasteiger partial charge in [-0.2, -0.15) is 0 Å². The van der Waals surface area contributed by atoms with Crippen molar-refractivity contribution in [3.63, 3.8) is 0 Å². The molecule has 0 saturated heterocycles. The highest BCUT2D eigenvalue weighted by molar-refractivity contribution is 5.47. The Bertz CT molecular complexity index is 381. The number of likely N-dealkylation sites (N-methyl/N-ethyl adjacent to an activating group) is 1. The fourth-order valence-corrected chi connectivity index (χ4v) is 1.76. The third kappa shape index (κ3) is 5.03. The number of aromatic nitrogens is 2. The van der Waals surface area contributed by atoms with E-state index in [-0.39, 0.29) is 0 Å². The van der Waals surface area contributed by atoms with Gasteiger partial charge in [-0.1, -0.05) is 6.92 Å². The molecular formula is C14H24N4O. The molecule has 5 nitrogen and oxygen atoms in total. The summed E-state index contributed by atoms with van der Waals surface area (Å²) in [7, 11) is 2.03. The largest absolute Gasteiger partial charge is 0.379 e. The summed E-state index contributed by atoms with van der Waals surface area (Å²) in [5, 5.41) is 3.27. The van der Waals surface area contributed by atoms with E-state index in [1.807, 2.05) is 13.1 Å². The predicted molar refractivity (Wildman–Crippen MR) is 77.6 cm³/mol. The van der Waals surface area contributed by atoms with Crippen LogP contribution in [0.5, 0.6) is 0 Å². The zero-order chi connectivity index (χ0) is 13.5. The lowest BCUT2D eigenvalue weighted by atomic mass is 10.4. The van der Waals surface area contributed by atoms with Crippen molar-refractivity contribution < 1.29 is 4.74 Å². The maximum atomic E-state index is 5.64. The second kappa shape index (κ2) is 7.28. The van der Waals surface area contributed by atoms with E-state index in [1.165, 1.54) is 12.8 Å². The van der Waals surface area contributed by atoms with Gasteiger partial charge < -0.3 is 15.0 Å². The molecule has 0 bridgehead atoms. The van der Waals surface area contributed by atoms with Crippen molar-refractivity contribution in [2.45, 2.75) is 26.2 Å². The van der Waals surface area contributed by atoms with Crippen molar-refractivity contribution in [2.24, 2.45) is 5.92 Å². The summed E-state index contributed by atoms with van der Waals surface area (Å²) in [6.45, 7) is 5.61. The first-order chi connectivity index (χ1) is 9.29. The molecule has 1 aromatic rings. The number of rotatable bonds is 9. The van der Waals surface area contributed by atoms with E-state index in [0.29, 0.717) is 0 Å². The summed E-state index contributed by atoms with van der Waals surface area (Å²) < 4.78 is 5.64. The normalized spacial score (nSPS) is 14.4. The standard InChI is InChI=1S/C14H24N4O/c1-3-6-15-13-9-14(17-11-16-13)18(2)7-8-19-10-12-4-5-12/h9,11-12H,3-8,10H2,1-2H3,(H,15,16,17). The van der Waals surface area contributed by atoms with E-state index in [0.717, 1.165) is 50.3 Å². The van der Waals surface area contributed by atoms with Crippen molar-refractivity contribution in [3.8, 4) is 0 Å². The molecule has 0 spiro atoms. The molecular weight excluding hydrogens is 240 g/mol. The SMILES string of the molecule is CCCNc1cc(N(C)CCOCC2CC2)ncn1. The Morgan fingerprint density at radius 2 is 2.26 bits per heavy atom. The number of hydrogen-bond donors (Lipinski definition) is 1.